The van der Waals surface area contributed by atoms with Crippen molar-refractivity contribution in [1.82, 2.24) is 13.9 Å². The Morgan fingerprint density at radius 3 is 2.44 bits per heavy atom. The van der Waals surface area contributed by atoms with E-state index in [4.69, 9.17) is 6.42 Å². The van der Waals surface area contributed by atoms with Crippen molar-refractivity contribution in [1.29, 1.82) is 0 Å². The number of terminal acetylenes is 1. The Hall–Kier alpha value is -0.610. The maximum absolute atomic E-state index is 11.8. The van der Waals surface area contributed by atoms with Crippen molar-refractivity contribution in [3.63, 3.8) is 0 Å². The molecular weight excluding hydrogens is 226 g/mol. The molecule has 0 heterocycles. The zero-order valence-electron chi connectivity index (χ0n) is 10.2. The Labute approximate surface area is 99.0 Å². The number of hydrogen-bond acceptors (Lipinski definition) is 3. The lowest BCUT2D eigenvalue weighted by atomic mass is 10.4. The SMILES string of the molecule is C#CCN(C)S(=O)(=O)N(C)CCCNCC. The molecule has 6 heteroatoms. The van der Waals surface area contributed by atoms with Crippen LogP contribution in [-0.2, 0) is 10.2 Å². The lowest BCUT2D eigenvalue weighted by Gasteiger charge is -2.22. The van der Waals surface area contributed by atoms with Gasteiger partial charge < -0.3 is 5.32 Å². The zero-order chi connectivity index (χ0) is 12.6. The second-order valence-corrected chi connectivity index (χ2v) is 5.64. The summed E-state index contributed by atoms with van der Waals surface area (Å²) < 4.78 is 26.1. The van der Waals surface area contributed by atoms with Crippen LogP contribution in [0, 0.1) is 12.3 Å². The maximum atomic E-state index is 11.8. The van der Waals surface area contributed by atoms with Gasteiger partial charge in [0.25, 0.3) is 10.2 Å². The van der Waals surface area contributed by atoms with Crippen LogP contribution in [0.25, 0.3) is 0 Å². The van der Waals surface area contributed by atoms with Crippen LogP contribution in [0.1, 0.15) is 13.3 Å². The molecule has 0 aliphatic heterocycles. The minimum absolute atomic E-state index is 0.0971. The van der Waals surface area contributed by atoms with E-state index in [-0.39, 0.29) is 6.54 Å². The first-order valence-corrected chi connectivity index (χ1v) is 6.68. The average molecular weight is 247 g/mol. The normalized spacial score (nSPS) is 12.0. The predicted octanol–water partition coefficient (Wildman–Crippen LogP) is -0.272. The van der Waals surface area contributed by atoms with E-state index in [1.807, 2.05) is 6.92 Å². The molecule has 0 atom stereocenters. The lowest BCUT2D eigenvalue weighted by Crippen LogP contribution is -2.40. The molecule has 0 bridgehead atoms. The fourth-order valence-corrected chi connectivity index (χ4v) is 2.24. The Morgan fingerprint density at radius 1 is 1.31 bits per heavy atom. The summed E-state index contributed by atoms with van der Waals surface area (Å²) in [4.78, 5) is 0. The Morgan fingerprint density at radius 2 is 1.94 bits per heavy atom. The van der Waals surface area contributed by atoms with E-state index < -0.39 is 10.2 Å². The summed E-state index contributed by atoms with van der Waals surface area (Å²) in [7, 11) is -0.346. The Kier molecular flexibility index (Phi) is 7.34. The average Bonchev–Trinajstić information content (AvgIpc) is 2.24. The van der Waals surface area contributed by atoms with Crippen LogP contribution >= 0.6 is 0 Å². The second kappa shape index (κ2) is 7.63. The van der Waals surface area contributed by atoms with Gasteiger partial charge >= 0.3 is 0 Å². The standard InChI is InChI=1S/C10H21N3O2S/c1-5-9-12(3)16(14,15)13(4)10-7-8-11-6-2/h1,11H,6-10H2,2-4H3. The minimum Gasteiger partial charge on any atom is -0.317 e. The van der Waals surface area contributed by atoms with Crippen molar-refractivity contribution in [2.75, 3.05) is 40.3 Å². The first kappa shape index (κ1) is 15.4. The van der Waals surface area contributed by atoms with E-state index >= 15 is 0 Å². The van der Waals surface area contributed by atoms with E-state index in [1.165, 1.54) is 15.7 Å². The summed E-state index contributed by atoms with van der Waals surface area (Å²) in [5.74, 6) is 2.31. The van der Waals surface area contributed by atoms with Gasteiger partial charge in [0.05, 0.1) is 6.54 Å². The highest BCUT2D eigenvalue weighted by molar-refractivity contribution is 7.86. The molecule has 94 valence electrons. The van der Waals surface area contributed by atoms with Gasteiger partial charge in [0.2, 0.25) is 0 Å². The maximum Gasteiger partial charge on any atom is 0.282 e. The van der Waals surface area contributed by atoms with Crippen molar-refractivity contribution in [3.05, 3.63) is 0 Å². The fraction of sp³-hybridized carbons (Fsp3) is 0.800. The topological polar surface area (TPSA) is 52.7 Å². The van der Waals surface area contributed by atoms with Crippen LogP contribution in [0.5, 0.6) is 0 Å². The van der Waals surface area contributed by atoms with Crippen molar-refractivity contribution < 1.29 is 8.42 Å². The van der Waals surface area contributed by atoms with Crippen molar-refractivity contribution >= 4 is 10.2 Å². The predicted molar refractivity (Wildman–Crippen MR) is 66.2 cm³/mol. The van der Waals surface area contributed by atoms with E-state index in [9.17, 15) is 8.42 Å². The van der Waals surface area contributed by atoms with Gasteiger partial charge in [-0.1, -0.05) is 12.8 Å². The second-order valence-electron chi connectivity index (χ2n) is 3.50. The molecule has 5 nitrogen and oxygen atoms in total. The van der Waals surface area contributed by atoms with Crippen LogP contribution in [-0.4, -0.2) is 57.3 Å². The summed E-state index contributed by atoms with van der Waals surface area (Å²) in [6.07, 6.45) is 5.87. The number of hydrogen-bond donors (Lipinski definition) is 1. The van der Waals surface area contributed by atoms with Crippen LogP contribution < -0.4 is 5.32 Å². The molecule has 0 saturated carbocycles. The van der Waals surface area contributed by atoms with E-state index in [1.54, 1.807) is 7.05 Å². The van der Waals surface area contributed by atoms with E-state index in [0.717, 1.165) is 19.5 Å². The summed E-state index contributed by atoms with van der Waals surface area (Å²) >= 11 is 0. The summed E-state index contributed by atoms with van der Waals surface area (Å²) in [5.41, 5.74) is 0. The van der Waals surface area contributed by atoms with Gasteiger partial charge in [-0.05, 0) is 19.5 Å². The molecule has 16 heavy (non-hydrogen) atoms. The first-order valence-electron chi connectivity index (χ1n) is 5.28. The van der Waals surface area contributed by atoms with Gasteiger partial charge in [-0.25, -0.2) is 0 Å². The molecule has 0 radical (unpaired) electrons. The largest absolute Gasteiger partial charge is 0.317 e. The van der Waals surface area contributed by atoms with Crippen molar-refractivity contribution in [2.45, 2.75) is 13.3 Å². The summed E-state index contributed by atoms with van der Waals surface area (Å²) in [6.45, 7) is 4.31. The number of rotatable bonds is 8. The van der Waals surface area contributed by atoms with Gasteiger partial charge in [0.15, 0.2) is 0 Å². The molecule has 0 aromatic rings. The molecule has 0 aromatic heterocycles. The quantitative estimate of drug-likeness (QED) is 0.474. The van der Waals surface area contributed by atoms with Crippen LogP contribution in [0.15, 0.2) is 0 Å². The molecule has 0 unspecified atom stereocenters. The molecule has 0 spiro atoms. The molecule has 0 rings (SSSR count). The molecule has 1 N–H and O–H groups in total. The van der Waals surface area contributed by atoms with E-state index in [0.29, 0.717) is 6.54 Å². The third-order valence-electron chi connectivity index (χ3n) is 2.18. The highest BCUT2D eigenvalue weighted by atomic mass is 32.2. The smallest absolute Gasteiger partial charge is 0.282 e. The van der Waals surface area contributed by atoms with Gasteiger partial charge in [0.1, 0.15) is 0 Å². The molecular formula is C10H21N3O2S. The fourth-order valence-electron chi connectivity index (χ4n) is 1.17. The van der Waals surface area contributed by atoms with E-state index in [2.05, 4.69) is 11.2 Å². The van der Waals surface area contributed by atoms with Crippen LogP contribution in [0.4, 0.5) is 0 Å². The third kappa shape index (κ3) is 4.94. The molecule has 0 aliphatic carbocycles. The van der Waals surface area contributed by atoms with Gasteiger partial charge in [-0.15, -0.1) is 6.42 Å². The minimum atomic E-state index is -3.39. The van der Waals surface area contributed by atoms with Crippen molar-refractivity contribution in [2.24, 2.45) is 0 Å². The highest BCUT2D eigenvalue weighted by Gasteiger charge is 2.21. The lowest BCUT2D eigenvalue weighted by molar-refractivity contribution is 0.402. The van der Waals surface area contributed by atoms with Crippen LogP contribution in [0.2, 0.25) is 0 Å². The summed E-state index contributed by atoms with van der Waals surface area (Å²) in [6, 6.07) is 0. The van der Waals surface area contributed by atoms with Crippen molar-refractivity contribution in [3.8, 4) is 12.3 Å². The van der Waals surface area contributed by atoms with Gasteiger partial charge in [0, 0.05) is 20.6 Å². The molecule has 0 saturated heterocycles. The number of nitrogens with one attached hydrogen (secondary N) is 1. The summed E-state index contributed by atoms with van der Waals surface area (Å²) in [5, 5.41) is 3.14. The van der Waals surface area contributed by atoms with Gasteiger partial charge in [-0.2, -0.15) is 17.0 Å². The Bertz CT molecular complexity index is 321. The molecule has 0 fully saturated rings. The first-order chi connectivity index (χ1) is 7.46. The molecule has 0 aromatic carbocycles. The number of nitrogens with zero attached hydrogens (tertiary/aromatic N) is 2. The highest BCUT2D eigenvalue weighted by Crippen LogP contribution is 2.03. The molecule has 0 aliphatic rings. The van der Waals surface area contributed by atoms with Crippen LogP contribution in [0.3, 0.4) is 0 Å². The monoisotopic (exact) mass is 247 g/mol. The zero-order valence-corrected chi connectivity index (χ0v) is 11.0. The Balaban J connectivity index is 4.15. The third-order valence-corrected chi connectivity index (χ3v) is 4.07. The molecule has 0 amide bonds. The van der Waals surface area contributed by atoms with Gasteiger partial charge in [-0.3, -0.25) is 0 Å².